The molecule has 3 heteroatoms. The number of aromatic nitrogens is 1. The van der Waals surface area contributed by atoms with Crippen LogP contribution in [-0.4, -0.2) is 18.4 Å². The number of aldehydes is 1. The molecule has 0 bridgehead atoms. The number of methoxy groups -OCH3 is 1. The zero-order valence-electron chi connectivity index (χ0n) is 8.88. The Labute approximate surface area is 93.7 Å². The average Bonchev–Trinajstić information content (AvgIpc) is 2.39. The summed E-state index contributed by atoms with van der Waals surface area (Å²) >= 11 is 0. The predicted molar refractivity (Wildman–Crippen MR) is 61.6 cm³/mol. The largest absolute Gasteiger partial charge is 0.494 e. The van der Waals surface area contributed by atoms with Gasteiger partial charge >= 0.3 is 0 Å². The van der Waals surface area contributed by atoms with Crippen molar-refractivity contribution in [3.05, 3.63) is 48.2 Å². The van der Waals surface area contributed by atoms with Gasteiger partial charge in [0, 0.05) is 5.56 Å². The minimum Gasteiger partial charge on any atom is -0.494 e. The van der Waals surface area contributed by atoms with E-state index in [4.69, 9.17) is 4.74 Å². The molecule has 0 aliphatic rings. The fourth-order valence-corrected chi connectivity index (χ4v) is 1.49. The molecule has 80 valence electrons. The summed E-state index contributed by atoms with van der Waals surface area (Å²) in [5, 5.41) is 0. The van der Waals surface area contributed by atoms with Crippen LogP contribution in [0.4, 0.5) is 0 Å². The molecule has 3 nitrogen and oxygen atoms in total. The molecule has 1 aromatic carbocycles. The van der Waals surface area contributed by atoms with Crippen molar-refractivity contribution in [2.75, 3.05) is 7.11 Å². The van der Waals surface area contributed by atoms with Crippen LogP contribution < -0.4 is 4.74 Å². The molecule has 0 saturated carbocycles. The van der Waals surface area contributed by atoms with Crippen molar-refractivity contribution in [3.63, 3.8) is 0 Å². The maximum absolute atomic E-state index is 10.7. The molecule has 1 aromatic heterocycles. The summed E-state index contributed by atoms with van der Waals surface area (Å²) in [7, 11) is 1.59. The summed E-state index contributed by atoms with van der Waals surface area (Å²) in [6.45, 7) is 0. The van der Waals surface area contributed by atoms with Gasteiger partial charge in [-0.15, -0.1) is 0 Å². The molecule has 0 spiro atoms. The summed E-state index contributed by atoms with van der Waals surface area (Å²) in [5.41, 5.74) is 2.02. The fraction of sp³-hybridized carbons (Fsp3) is 0.0769. The molecular weight excluding hydrogens is 202 g/mol. The van der Waals surface area contributed by atoms with Crippen LogP contribution in [0.5, 0.6) is 5.75 Å². The normalized spacial score (nSPS) is 9.81. The molecule has 0 radical (unpaired) electrons. The standard InChI is InChI=1S/C13H11NO2/c1-16-12-8-7-11(9-15)14-13(12)10-5-3-2-4-6-10/h2-9H,1H3. The molecule has 0 saturated heterocycles. The molecule has 0 fully saturated rings. The highest BCUT2D eigenvalue weighted by atomic mass is 16.5. The van der Waals surface area contributed by atoms with Crippen LogP contribution in [0.25, 0.3) is 11.3 Å². The Kier molecular flexibility index (Phi) is 2.96. The molecule has 1 heterocycles. The van der Waals surface area contributed by atoms with E-state index in [-0.39, 0.29) is 0 Å². The van der Waals surface area contributed by atoms with Gasteiger partial charge in [-0.05, 0) is 12.1 Å². The van der Waals surface area contributed by atoms with Crippen LogP contribution in [-0.2, 0) is 0 Å². The van der Waals surface area contributed by atoms with E-state index in [0.29, 0.717) is 17.1 Å². The number of ether oxygens (including phenoxy) is 1. The SMILES string of the molecule is COc1ccc(C=O)nc1-c1ccccc1. The smallest absolute Gasteiger partial charge is 0.168 e. The highest BCUT2D eigenvalue weighted by Gasteiger charge is 2.07. The van der Waals surface area contributed by atoms with Crippen molar-refractivity contribution >= 4 is 6.29 Å². The van der Waals surface area contributed by atoms with E-state index >= 15 is 0 Å². The van der Waals surface area contributed by atoms with Gasteiger partial charge in [0.25, 0.3) is 0 Å². The number of carbonyl (C=O) groups is 1. The van der Waals surface area contributed by atoms with Crippen molar-refractivity contribution in [2.24, 2.45) is 0 Å². The van der Waals surface area contributed by atoms with E-state index < -0.39 is 0 Å². The van der Waals surface area contributed by atoms with E-state index in [0.717, 1.165) is 11.8 Å². The Morgan fingerprint density at radius 1 is 1.12 bits per heavy atom. The lowest BCUT2D eigenvalue weighted by atomic mass is 10.1. The first-order chi connectivity index (χ1) is 7.85. The zero-order chi connectivity index (χ0) is 11.4. The van der Waals surface area contributed by atoms with Gasteiger partial charge < -0.3 is 4.74 Å². The van der Waals surface area contributed by atoms with Crippen molar-refractivity contribution in [2.45, 2.75) is 0 Å². The van der Waals surface area contributed by atoms with Gasteiger partial charge in [0.05, 0.1) is 7.11 Å². The number of hydrogen-bond acceptors (Lipinski definition) is 3. The first-order valence-electron chi connectivity index (χ1n) is 4.91. The van der Waals surface area contributed by atoms with Gasteiger partial charge in [-0.2, -0.15) is 0 Å². The molecule has 2 rings (SSSR count). The lowest BCUT2D eigenvalue weighted by Crippen LogP contribution is -1.94. The van der Waals surface area contributed by atoms with Crippen LogP contribution in [0.2, 0.25) is 0 Å². The van der Waals surface area contributed by atoms with E-state index in [1.54, 1.807) is 19.2 Å². The molecule has 2 aromatic rings. The van der Waals surface area contributed by atoms with E-state index in [9.17, 15) is 4.79 Å². The van der Waals surface area contributed by atoms with Crippen LogP contribution in [0, 0.1) is 0 Å². The van der Waals surface area contributed by atoms with Gasteiger partial charge in [-0.25, -0.2) is 4.98 Å². The lowest BCUT2D eigenvalue weighted by Gasteiger charge is -2.07. The van der Waals surface area contributed by atoms with E-state index in [1.807, 2.05) is 30.3 Å². The Morgan fingerprint density at radius 3 is 2.50 bits per heavy atom. The van der Waals surface area contributed by atoms with Crippen LogP contribution in [0.3, 0.4) is 0 Å². The van der Waals surface area contributed by atoms with E-state index in [2.05, 4.69) is 4.98 Å². The van der Waals surface area contributed by atoms with Gasteiger partial charge in [-0.3, -0.25) is 4.79 Å². The number of pyridine rings is 1. The van der Waals surface area contributed by atoms with Crippen molar-refractivity contribution in [1.82, 2.24) is 4.98 Å². The number of carbonyl (C=O) groups excluding carboxylic acids is 1. The highest BCUT2D eigenvalue weighted by Crippen LogP contribution is 2.27. The second-order valence-electron chi connectivity index (χ2n) is 3.27. The molecule has 16 heavy (non-hydrogen) atoms. The van der Waals surface area contributed by atoms with Crippen molar-refractivity contribution in [1.29, 1.82) is 0 Å². The number of nitrogens with zero attached hydrogens (tertiary/aromatic N) is 1. The Balaban J connectivity index is 2.57. The number of rotatable bonds is 3. The topological polar surface area (TPSA) is 39.2 Å². The molecular formula is C13H11NO2. The highest BCUT2D eigenvalue weighted by molar-refractivity contribution is 5.76. The summed E-state index contributed by atoms with van der Waals surface area (Å²) < 4.78 is 5.22. The maximum Gasteiger partial charge on any atom is 0.168 e. The maximum atomic E-state index is 10.7. The number of benzene rings is 1. The molecule has 0 N–H and O–H groups in total. The monoisotopic (exact) mass is 213 g/mol. The molecule has 0 aliphatic carbocycles. The molecule has 0 atom stereocenters. The van der Waals surface area contributed by atoms with Crippen molar-refractivity contribution < 1.29 is 9.53 Å². The Morgan fingerprint density at radius 2 is 1.88 bits per heavy atom. The second kappa shape index (κ2) is 4.57. The predicted octanol–water partition coefficient (Wildman–Crippen LogP) is 2.57. The summed E-state index contributed by atoms with van der Waals surface area (Å²) in [5.74, 6) is 0.664. The third-order valence-electron chi connectivity index (χ3n) is 2.27. The first kappa shape index (κ1) is 10.4. The van der Waals surface area contributed by atoms with Crippen LogP contribution in [0.15, 0.2) is 42.5 Å². The van der Waals surface area contributed by atoms with Gasteiger partial charge in [0.1, 0.15) is 17.1 Å². The van der Waals surface area contributed by atoms with Gasteiger partial charge in [0.2, 0.25) is 0 Å². The van der Waals surface area contributed by atoms with Crippen LogP contribution >= 0.6 is 0 Å². The molecule has 0 amide bonds. The Bertz CT molecular complexity index is 495. The molecule has 0 aliphatic heterocycles. The molecule has 0 unspecified atom stereocenters. The third kappa shape index (κ3) is 1.93. The third-order valence-corrected chi connectivity index (χ3v) is 2.27. The number of hydrogen-bond donors (Lipinski definition) is 0. The lowest BCUT2D eigenvalue weighted by molar-refractivity contribution is 0.111. The summed E-state index contributed by atoms with van der Waals surface area (Å²) in [4.78, 5) is 14.9. The zero-order valence-corrected chi connectivity index (χ0v) is 8.88. The summed E-state index contributed by atoms with van der Waals surface area (Å²) in [6, 6.07) is 13.0. The summed E-state index contributed by atoms with van der Waals surface area (Å²) in [6.07, 6.45) is 0.728. The van der Waals surface area contributed by atoms with E-state index in [1.165, 1.54) is 0 Å². The minimum absolute atomic E-state index is 0.402. The van der Waals surface area contributed by atoms with Gasteiger partial charge in [-0.1, -0.05) is 30.3 Å². The average molecular weight is 213 g/mol. The first-order valence-corrected chi connectivity index (χ1v) is 4.91. The van der Waals surface area contributed by atoms with Gasteiger partial charge in [0.15, 0.2) is 6.29 Å². The Hall–Kier alpha value is -2.16. The van der Waals surface area contributed by atoms with Crippen molar-refractivity contribution in [3.8, 4) is 17.0 Å². The fourth-order valence-electron chi connectivity index (χ4n) is 1.49. The van der Waals surface area contributed by atoms with Crippen LogP contribution in [0.1, 0.15) is 10.5 Å². The quantitative estimate of drug-likeness (QED) is 0.735. The minimum atomic E-state index is 0.402. The second-order valence-corrected chi connectivity index (χ2v) is 3.27.